The zero-order valence-corrected chi connectivity index (χ0v) is 14.7. The average molecular weight is 339 g/mol. The van der Waals surface area contributed by atoms with Gasteiger partial charge >= 0.3 is 5.97 Å². The summed E-state index contributed by atoms with van der Waals surface area (Å²) in [5.74, 6) is -0.599. The van der Waals surface area contributed by atoms with Gasteiger partial charge in [-0.3, -0.25) is 9.36 Å². The Bertz CT molecular complexity index is 847. The molecule has 6 nitrogen and oxygen atoms in total. The van der Waals surface area contributed by atoms with Gasteiger partial charge in [0.2, 0.25) is 0 Å². The lowest BCUT2D eigenvalue weighted by molar-refractivity contribution is 0.0526. The summed E-state index contributed by atoms with van der Waals surface area (Å²) >= 11 is 0. The number of carbonyl (C=O) groups is 1. The van der Waals surface area contributed by atoms with E-state index < -0.39 is 11.5 Å². The molecule has 0 fully saturated rings. The lowest BCUT2D eigenvalue weighted by Gasteiger charge is -2.24. The van der Waals surface area contributed by atoms with Crippen molar-refractivity contribution in [2.75, 3.05) is 24.6 Å². The van der Waals surface area contributed by atoms with Gasteiger partial charge in [-0.15, -0.1) is 0 Å². The lowest BCUT2D eigenvalue weighted by Crippen LogP contribution is -2.35. The van der Waals surface area contributed by atoms with Gasteiger partial charge < -0.3 is 9.64 Å². The molecule has 0 atom stereocenters. The van der Waals surface area contributed by atoms with Crippen LogP contribution in [0.15, 0.2) is 41.2 Å². The minimum Gasteiger partial charge on any atom is -0.462 e. The van der Waals surface area contributed by atoms with Crippen molar-refractivity contribution in [1.82, 2.24) is 4.57 Å². The SMILES string of the molecule is CCOC(=O)c1cc(C#N)n(-c2ccccc2)c(=O)c1N(CC)CC. The van der Waals surface area contributed by atoms with Crippen LogP contribution in [0.25, 0.3) is 5.69 Å². The second-order valence-corrected chi connectivity index (χ2v) is 5.27. The Balaban J connectivity index is 2.84. The number of para-hydroxylation sites is 1. The van der Waals surface area contributed by atoms with Crippen molar-refractivity contribution in [3.8, 4) is 11.8 Å². The third kappa shape index (κ3) is 3.56. The number of pyridine rings is 1. The largest absolute Gasteiger partial charge is 0.462 e. The Kier molecular flexibility index (Phi) is 5.96. The fraction of sp³-hybridized carbons (Fsp3) is 0.316. The average Bonchev–Trinajstić information content (AvgIpc) is 2.64. The van der Waals surface area contributed by atoms with Crippen molar-refractivity contribution in [2.45, 2.75) is 20.8 Å². The molecule has 1 aromatic carbocycles. The van der Waals surface area contributed by atoms with Gasteiger partial charge in [0.15, 0.2) is 0 Å². The maximum absolute atomic E-state index is 13.2. The number of benzene rings is 1. The molecule has 2 rings (SSSR count). The number of hydrogen-bond acceptors (Lipinski definition) is 5. The zero-order chi connectivity index (χ0) is 18.4. The predicted molar refractivity (Wildman–Crippen MR) is 96.3 cm³/mol. The predicted octanol–water partition coefficient (Wildman–Crippen LogP) is 2.73. The molecule has 0 N–H and O–H groups in total. The Hall–Kier alpha value is -3.07. The molecule has 0 bridgehead atoms. The summed E-state index contributed by atoms with van der Waals surface area (Å²) < 4.78 is 6.41. The van der Waals surface area contributed by atoms with E-state index in [1.165, 1.54) is 10.6 Å². The van der Waals surface area contributed by atoms with Gasteiger partial charge in [0.05, 0.1) is 12.2 Å². The van der Waals surface area contributed by atoms with Gasteiger partial charge in [0, 0.05) is 18.8 Å². The summed E-state index contributed by atoms with van der Waals surface area (Å²) in [6.45, 7) is 6.81. The van der Waals surface area contributed by atoms with Crippen molar-refractivity contribution in [1.29, 1.82) is 5.26 Å². The number of carbonyl (C=O) groups excluding carboxylic acids is 1. The van der Waals surface area contributed by atoms with Crippen LogP contribution in [0.5, 0.6) is 0 Å². The molecule has 6 heteroatoms. The third-order valence-corrected chi connectivity index (χ3v) is 3.89. The molecule has 0 aliphatic heterocycles. The lowest BCUT2D eigenvalue weighted by atomic mass is 10.1. The van der Waals surface area contributed by atoms with Gasteiger partial charge in [-0.05, 0) is 39.0 Å². The normalized spacial score (nSPS) is 10.2. The molecule has 0 spiro atoms. The molecule has 0 saturated carbocycles. The molecular weight excluding hydrogens is 318 g/mol. The van der Waals surface area contributed by atoms with Crippen LogP contribution in [0.3, 0.4) is 0 Å². The Morgan fingerprint density at radius 2 is 1.84 bits per heavy atom. The number of nitrogens with zero attached hydrogens (tertiary/aromatic N) is 3. The molecule has 1 aromatic heterocycles. The maximum atomic E-state index is 13.2. The highest BCUT2D eigenvalue weighted by atomic mass is 16.5. The molecule has 0 unspecified atom stereocenters. The summed E-state index contributed by atoms with van der Waals surface area (Å²) in [6, 6.07) is 12.4. The quantitative estimate of drug-likeness (QED) is 0.757. The topological polar surface area (TPSA) is 75.3 Å². The fourth-order valence-corrected chi connectivity index (χ4v) is 2.73. The van der Waals surface area contributed by atoms with E-state index in [0.29, 0.717) is 18.8 Å². The van der Waals surface area contributed by atoms with E-state index in [-0.39, 0.29) is 23.6 Å². The van der Waals surface area contributed by atoms with Gasteiger partial charge in [0.1, 0.15) is 17.5 Å². The van der Waals surface area contributed by atoms with Crippen LogP contribution in [-0.2, 0) is 4.74 Å². The molecule has 0 aliphatic rings. The van der Waals surface area contributed by atoms with Crippen LogP contribution >= 0.6 is 0 Å². The molecule has 2 aromatic rings. The van der Waals surface area contributed by atoms with Crippen LogP contribution in [0.1, 0.15) is 36.8 Å². The van der Waals surface area contributed by atoms with E-state index in [1.807, 2.05) is 26.0 Å². The second-order valence-electron chi connectivity index (χ2n) is 5.27. The van der Waals surface area contributed by atoms with E-state index in [9.17, 15) is 14.9 Å². The van der Waals surface area contributed by atoms with Crippen molar-refractivity contribution >= 4 is 11.7 Å². The van der Waals surface area contributed by atoms with Crippen LogP contribution in [0, 0.1) is 11.3 Å². The van der Waals surface area contributed by atoms with E-state index in [0.717, 1.165) is 0 Å². The molecule has 0 saturated heterocycles. The van der Waals surface area contributed by atoms with Gasteiger partial charge in [-0.2, -0.15) is 5.26 Å². The molecule has 0 radical (unpaired) electrons. The van der Waals surface area contributed by atoms with Crippen LogP contribution < -0.4 is 10.5 Å². The van der Waals surface area contributed by atoms with Crippen molar-refractivity contribution in [3.05, 3.63) is 58.0 Å². The van der Waals surface area contributed by atoms with Crippen LogP contribution in [0.4, 0.5) is 5.69 Å². The summed E-state index contributed by atoms with van der Waals surface area (Å²) in [5, 5.41) is 9.51. The number of esters is 1. The minimum atomic E-state index is -0.599. The number of rotatable bonds is 6. The molecule has 1 heterocycles. The molecule has 0 amide bonds. The standard InChI is InChI=1S/C19H21N3O3/c1-4-21(5-2)17-16(19(24)25-6-3)12-15(13-20)22(18(17)23)14-10-8-7-9-11-14/h7-12H,4-6H2,1-3H3. The minimum absolute atomic E-state index is 0.0927. The monoisotopic (exact) mass is 339 g/mol. The summed E-state index contributed by atoms with van der Waals surface area (Å²) in [4.78, 5) is 27.4. The van der Waals surface area contributed by atoms with E-state index >= 15 is 0 Å². The van der Waals surface area contributed by atoms with Crippen molar-refractivity contribution in [2.24, 2.45) is 0 Å². The molecule has 25 heavy (non-hydrogen) atoms. The summed E-state index contributed by atoms with van der Waals surface area (Å²) in [5.41, 5.74) is 0.644. The highest BCUT2D eigenvalue weighted by Gasteiger charge is 2.24. The number of nitriles is 1. The number of ether oxygens (including phenoxy) is 1. The second kappa shape index (κ2) is 8.15. The number of hydrogen-bond donors (Lipinski definition) is 0. The fourth-order valence-electron chi connectivity index (χ4n) is 2.73. The molecular formula is C19H21N3O3. The summed E-state index contributed by atoms with van der Waals surface area (Å²) in [6.07, 6.45) is 0. The number of aromatic nitrogens is 1. The van der Waals surface area contributed by atoms with E-state index in [4.69, 9.17) is 4.74 Å². The first-order valence-electron chi connectivity index (χ1n) is 8.26. The highest BCUT2D eigenvalue weighted by molar-refractivity contribution is 5.96. The van der Waals surface area contributed by atoms with E-state index in [2.05, 4.69) is 0 Å². The third-order valence-electron chi connectivity index (χ3n) is 3.89. The molecule has 0 aliphatic carbocycles. The highest BCUT2D eigenvalue weighted by Crippen LogP contribution is 2.21. The van der Waals surface area contributed by atoms with Crippen LogP contribution in [-0.4, -0.2) is 30.2 Å². The van der Waals surface area contributed by atoms with Gasteiger partial charge in [0.25, 0.3) is 5.56 Å². The van der Waals surface area contributed by atoms with E-state index in [1.54, 1.807) is 36.1 Å². The number of anilines is 1. The van der Waals surface area contributed by atoms with Crippen molar-refractivity contribution < 1.29 is 9.53 Å². The first-order chi connectivity index (χ1) is 12.1. The smallest absolute Gasteiger partial charge is 0.340 e. The van der Waals surface area contributed by atoms with Crippen molar-refractivity contribution in [3.63, 3.8) is 0 Å². The maximum Gasteiger partial charge on any atom is 0.340 e. The van der Waals surface area contributed by atoms with Gasteiger partial charge in [-0.25, -0.2) is 4.79 Å². The first kappa shape index (κ1) is 18.3. The van der Waals surface area contributed by atoms with Gasteiger partial charge in [-0.1, -0.05) is 18.2 Å². The summed E-state index contributed by atoms with van der Waals surface area (Å²) in [7, 11) is 0. The molecule has 130 valence electrons. The first-order valence-corrected chi connectivity index (χ1v) is 8.26. The Morgan fingerprint density at radius 3 is 2.36 bits per heavy atom. The zero-order valence-electron chi connectivity index (χ0n) is 14.7. The Labute approximate surface area is 146 Å². The Morgan fingerprint density at radius 1 is 1.20 bits per heavy atom. The van der Waals surface area contributed by atoms with Crippen LogP contribution in [0.2, 0.25) is 0 Å².